The Morgan fingerprint density at radius 2 is 2.14 bits per heavy atom. The molecule has 0 aliphatic heterocycles. The van der Waals surface area contributed by atoms with E-state index in [1.54, 1.807) is 0 Å². The molecule has 1 aromatic rings. The first-order chi connectivity index (χ1) is 6.88. The number of aliphatic hydroxyl groups excluding tert-OH is 1. The van der Waals surface area contributed by atoms with Gasteiger partial charge in [-0.15, -0.1) is 0 Å². The Balaban J connectivity index is 2.55. The predicted molar refractivity (Wildman–Crippen MR) is 56.7 cm³/mol. The molecule has 0 saturated heterocycles. The summed E-state index contributed by atoms with van der Waals surface area (Å²) in [5, 5.41) is 11.9. The monoisotopic (exact) mass is 195 g/mol. The van der Waals surface area contributed by atoms with Gasteiger partial charge in [0.05, 0.1) is 0 Å². The van der Waals surface area contributed by atoms with Gasteiger partial charge in [-0.05, 0) is 25.1 Å². The van der Waals surface area contributed by atoms with Gasteiger partial charge in [0, 0.05) is 13.2 Å². The summed E-state index contributed by atoms with van der Waals surface area (Å²) in [6, 6.07) is 7.80. The van der Waals surface area contributed by atoms with E-state index in [0.717, 1.165) is 17.9 Å². The minimum Gasteiger partial charge on any atom is -0.492 e. The van der Waals surface area contributed by atoms with Crippen LogP contribution in [0.4, 0.5) is 0 Å². The quantitative estimate of drug-likeness (QED) is 0.660. The second kappa shape index (κ2) is 6.40. The fourth-order valence-corrected chi connectivity index (χ4v) is 1.23. The molecule has 0 spiro atoms. The first-order valence-corrected chi connectivity index (χ1v) is 4.84. The molecule has 78 valence electrons. The average molecular weight is 195 g/mol. The first-order valence-electron chi connectivity index (χ1n) is 4.84. The third kappa shape index (κ3) is 3.36. The zero-order chi connectivity index (χ0) is 10.2. The minimum absolute atomic E-state index is 0.159. The number of ether oxygens (including phenoxy) is 1. The number of hydrogen-bond donors (Lipinski definition) is 2. The maximum absolute atomic E-state index is 8.85. The molecular formula is C11H17NO2. The van der Waals surface area contributed by atoms with Crippen molar-refractivity contribution in [1.82, 2.24) is 5.32 Å². The first kappa shape index (κ1) is 11.0. The number of hydrogen-bond acceptors (Lipinski definition) is 3. The summed E-state index contributed by atoms with van der Waals surface area (Å²) >= 11 is 0. The van der Waals surface area contributed by atoms with Crippen LogP contribution < -0.4 is 10.1 Å². The highest BCUT2D eigenvalue weighted by Crippen LogP contribution is 2.17. The van der Waals surface area contributed by atoms with Gasteiger partial charge in [0.1, 0.15) is 12.4 Å². The number of nitrogens with one attached hydrogen (secondary N) is 1. The molecule has 2 N–H and O–H groups in total. The van der Waals surface area contributed by atoms with Crippen LogP contribution in [-0.4, -0.2) is 31.9 Å². The highest BCUT2D eigenvalue weighted by Gasteiger charge is 2.00. The zero-order valence-corrected chi connectivity index (χ0v) is 8.49. The van der Waals surface area contributed by atoms with E-state index in [2.05, 4.69) is 5.32 Å². The predicted octanol–water partition coefficient (Wildman–Crippen LogP) is 0.820. The zero-order valence-electron chi connectivity index (χ0n) is 8.49. The van der Waals surface area contributed by atoms with Crippen LogP contribution in [0.3, 0.4) is 0 Å². The van der Waals surface area contributed by atoms with E-state index >= 15 is 0 Å². The summed E-state index contributed by atoms with van der Waals surface area (Å²) in [6.45, 7) is 1.64. The molecule has 0 aliphatic rings. The molecule has 3 heteroatoms. The molecule has 0 bridgehead atoms. The smallest absolute Gasteiger partial charge is 0.122 e. The SMILES string of the molecule is CNCCOc1ccccc1CCO. The van der Waals surface area contributed by atoms with Gasteiger partial charge in [-0.1, -0.05) is 18.2 Å². The van der Waals surface area contributed by atoms with Gasteiger partial charge in [-0.2, -0.15) is 0 Å². The van der Waals surface area contributed by atoms with Crippen LogP contribution >= 0.6 is 0 Å². The van der Waals surface area contributed by atoms with Crippen molar-refractivity contribution in [2.24, 2.45) is 0 Å². The normalized spacial score (nSPS) is 10.1. The second-order valence-corrected chi connectivity index (χ2v) is 3.03. The molecule has 0 fully saturated rings. The van der Waals surface area contributed by atoms with Crippen LogP contribution in [-0.2, 0) is 6.42 Å². The van der Waals surface area contributed by atoms with Gasteiger partial charge >= 0.3 is 0 Å². The highest BCUT2D eigenvalue weighted by atomic mass is 16.5. The summed E-state index contributed by atoms with van der Waals surface area (Å²) < 4.78 is 5.56. The van der Waals surface area contributed by atoms with Crippen molar-refractivity contribution in [2.45, 2.75) is 6.42 Å². The fourth-order valence-electron chi connectivity index (χ4n) is 1.23. The minimum atomic E-state index is 0.159. The highest BCUT2D eigenvalue weighted by molar-refractivity contribution is 5.33. The molecule has 0 saturated carbocycles. The van der Waals surface area contributed by atoms with Crippen molar-refractivity contribution < 1.29 is 9.84 Å². The fraction of sp³-hybridized carbons (Fsp3) is 0.455. The van der Waals surface area contributed by atoms with E-state index in [9.17, 15) is 0 Å². The van der Waals surface area contributed by atoms with E-state index in [0.29, 0.717) is 13.0 Å². The lowest BCUT2D eigenvalue weighted by Gasteiger charge is -2.10. The summed E-state index contributed by atoms with van der Waals surface area (Å²) in [6.07, 6.45) is 0.649. The van der Waals surface area contributed by atoms with Crippen LogP contribution in [0.15, 0.2) is 24.3 Å². The van der Waals surface area contributed by atoms with Crippen molar-refractivity contribution in [1.29, 1.82) is 0 Å². The largest absolute Gasteiger partial charge is 0.492 e. The topological polar surface area (TPSA) is 41.5 Å². The van der Waals surface area contributed by atoms with Crippen LogP contribution in [0.1, 0.15) is 5.56 Å². The van der Waals surface area contributed by atoms with Gasteiger partial charge in [-0.25, -0.2) is 0 Å². The summed E-state index contributed by atoms with van der Waals surface area (Å²) in [4.78, 5) is 0. The number of para-hydroxylation sites is 1. The Hall–Kier alpha value is -1.06. The molecule has 0 atom stereocenters. The molecule has 3 nitrogen and oxygen atoms in total. The Morgan fingerprint density at radius 1 is 1.36 bits per heavy atom. The molecular weight excluding hydrogens is 178 g/mol. The van der Waals surface area contributed by atoms with E-state index < -0.39 is 0 Å². The lowest BCUT2D eigenvalue weighted by Crippen LogP contribution is -2.16. The van der Waals surface area contributed by atoms with Gasteiger partial charge in [0.25, 0.3) is 0 Å². The lowest BCUT2D eigenvalue weighted by atomic mass is 10.1. The molecule has 0 radical (unpaired) electrons. The molecule has 14 heavy (non-hydrogen) atoms. The van der Waals surface area contributed by atoms with Crippen LogP contribution in [0, 0.1) is 0 Å². The van der Waals surface area contributed by atoms with Crippen molar-refractivity contribution in [3.8, 4) is 5.75 Å². The summed E-state index contributed by atoms with van der Waals surface area (Å²) in [5.41, 5.74) is 1.06. The van der Waals surface area contributed by atoms with Gasteiger partial charge in [0.2, 0.25) is 0 Å². The Kier molecular flexibility index (Phi) is 5.04. The molecule has 0 heterocycles. The Labute approximate surface area is 84.7 Å². The number of rotatable bonds is 6. The van der Waals surface area contributed by atoms with Gasteiger partial charge in [0.15, 0.2) is 0 Å². The van der Waals surface area contributed by atoms with Crippen molar-refractivity contribution in [2.75, 3.05) is 26.8 Å². The van der Waals surface area contributed by atoms with E-state index in [-0.39, 0.29) is 6.61 Å². The summed E-state index contributed by atoms with van der Waals surface area (Å²) in [7, 11) is 1.89. The number of likely N-dealkylation sites (N-methyl/N-ethyl adjacent to an activating group) is 1. The number of benzene rings is 1. The Morgan fingerprint density at radius 3 is 2.86 bits per heavy atom. The third-order valence-corrected chi connectivity index (χ3v) is 1.96. The summed E-state index contributed by atoms with van der Waals surface area (Å²) in [5.74, 6) is 0.872. The third-order valence-electron chi connectivity index (χ3n) is 1.96. The molecule has 1 rings (SSSR count). The van der Waals surface area contributed by atoms with Gasteiger partial charge < -0.3 is 15.2 Å². The maximum atomic E-state index is 8.85. The molecule has 0 amide bonds. The van der Waals surface area contributed by atoms with E-state index in [4.69, 9.17) is 9.84 Å². The van der Waals surface area contributed by atoms with Crippen molar-refractivity contribution in [3.05, 3.63) is 29.8 Å². The second-order valence-electron chi connectivity index (χ2n) is 3.03. The maximum Gasteiger partial charge on any atom is 0.122 e. The number of aliphatic hydroxyl groups is 1. The Bertz CT molecular complexity index is 263. The van der Waals surface area contributed by atoms with Crippen LogP contribution in [0.2, 0.25) is 0 Å². The molecule has 0 unspecified atom stereocenters. The molecule has 0 aromatic heterocycles. The van der Waals surface area contributed by atoms with E-state index in [1.165, 1.54) is 0 Å². The van der Waals surface area contributed by atoms with E-state index in [1.807, 2.05) is 31.3 Å². The molecule has 1 aromatic carbocycles. The standard InChI is InChI=1S/C11H17NO2/c1-12-7-9-14-11-5-3-2-4-10(11)6-8-13/h2-5,12-13H,6-9H2,1H3. The lowest BCUT2D eigenvalue weighted by molar-refractivity contribution is 0.288. The van der Waals surface area contributed by atoms with Gasteiger partial charge in [-0.3, -0.25) is 0 Å². The average Bonchev–Trinajstić information content (AvgIpc) is 2.21. The van der Waals surface area contributed by atoms with Crippen molar-refractivity contribution >= 4 is 0 Å². The van der Waals surface area contributed by atoms with Crippen LogP contribution in [0.25, 0.3) is 0 Å². The van der Waals surface area contributed by atoms with Crippen molar-refractivity contribution in [3.63, 3.8) is 0 Å². The molecule has 0 aliphatic carbocycles. The van der Waals surface area contributed by atoms with Crippen LogP contribution in [0.5, 0.6) is 5.75 Å².